The zero-order valence-electron chi connectivity index (χ0n) is 10.2. The monoisotopic (exact) mass is 408 g/mol. The summed E-state index contributed by atoms with van der Waals surface area (Å²) in [6, 6.07) is 1.79. The smallest absolute Gasteiger partial charge is 0.245 e. The van der Waals surface area contributed by atoms with Gasteiger partial charge >= 0.3 is 0 Å². The van der Waals surface area contributed by atoms with E-state index in [1.165, 1.54) is 15.6 Å². The van der Waals surface area contributed by atoms with Crippen LogP contribution in [0.25, 0.3) is 0 Å². The highest BCUT2D eigenvalue weighted by atomic mass is 79.9. The van der Waals surface area contributed by atoms with Crippen LogP contribution in [0.15, 0.2) is 14.7 Å². The van der Waals surface area contributed by atoms with Crippen molar-refractivity contribution in [1.82, 2.24) is 9.62 Å². The number of hydrogen-bond donors (Lipinski definition) is 1. The molecule has 0 saturated carbocycles. The molecule has 0 aliphatic carbocycles. The highest BCUT2D eigenvalue weighted by Gasteiger charge is 2.32. The number of rotatable bonds is 3. The molecule has 9 heteroatoms. The summed E-state index contributed by atoms with van der Waals surface area (Å²) in [4.78, 5) is 0.206. The van der Waals surface area contributed by atoms with Gasteiger partial charge in [-0.2, -0.15) is 4.31 Å². The molecule has 110 valence electrons. The number of hydrogen-bond acceptors (Lipinski definition) is 4. The first-order chi connectivity index (χ1) is 8.45. The fourth-order valence-corrected chi connectivity index (χ4v) is 6.29. The van der Waals surface area contributed by atoms with E-state index in [0.717, 1.165) is 16.6 Å². The summed E-state index contributed by atoms with van der Waals surface area (Å²) in [7, 11) is -1.62. The quantitative estimate of drug-likeness (QED) is 0.834. The maximum atomic E-state index is 12.5. The molecule has 1 saturated heterocycles. The molecule has 1 aliphatic heterocycles. The molecule has 1 N–H and O–H groups in total. The van der Waals surface area contributed by atoms with E-state index >= 15 is 0 Å². The van der Waals surface area contributed by atoms with Crippen molar-refractivity contribution in [1.29, 1.82) is 0 Å². The van der Waals surface area contributed by atoms with Gasteiger partial charge in [0.1, 0.15) is 9.23 Å². The largest absolute Gasteiger partial charge is 0.316 e. The average Bonchev–Trinajstić information content (AvgIpc) is 2.69. The molecule has 2 heterocycles. The highest BCUT2D eigenvalue weighted by Crippen LogP contribution is 2.36. The minimum Gasteiger partial charge on any atom is -0.316 e. The summed E-state index contributed by atoms with van der Waals surface area (Å²) in [5, 5.41) is 3.13. The van der Waals surface area contributed by atoms with Crippen LogP contribution in [0.1, 0.15) is 12.8 Å². The van der Waals surface area contributed by atoms with E-state index < -0.39 is 10.0 Å². The van der Waals surface area contributed by atoms with Gasteiger partial charge in [-0.15, -0.1) is 23.7 Å². The van der Waals surface area contributed by atoms with Crippen molar-refractivity contribution in [2.24, 2.45) is 0 Å². The van der Waals surface area contributed by atoms with Gasteiger partial charge in [0.25, 0.3) is 0 Å². The molecule has 1 aliphatic rings. The second-order valence-corrected chi connectivity index (χ2v) is 9.12. The number of halogens is 3. The minimum absolute atomic E-state index is 0. The van der Waals surface area contributed by atoms with Gasteiger partial charge in [-0.1, -0.05) is 11.6 Å². The molecule has 1 fully saturated rings. The Labute approximate surface area is 137 Å². The lowest BCUT2D eigenvalue weighted by atomic mass is 10.1. The van der Waals surface area contributed by atoms with Gasteiger partial charge in [0.2, 0.25) is 10.0 Å². The van der Waals surface area contributed by atoms with Crippen LogP contribution in [-0.4, -0.2) is 38.9 Å². The average molecular weight is 410 g/mol. The summed E-state index contributed by atoms with van der Waals surface area (Å²) in [5.74, 6) is 0. The zero-order valence-corrected chi connectivity index (χ0v) is 15.0. The van der Waals surface area contributed by atoms with Crippen LogP contribution in [0.4, 0.5) is 0 Å². The maximum absolute atomic E-state index is 12.5. The third kappa shape index (κ3) is 3.84. The fraction of sp³-hybridized carbons (Fsp3) is 0.600. The number of piperidine rings is 1. The Hall–Kier alpha value is 0.630. The van der Waals surface area contributed by atoms with Crippen molar-refractivity contribution in [3.05, 3.63) is 14.2 Å². The zero-order chi connectivity index (χ0) is 13.3. The van der Waals surface area contributed by atoms with Crippen molar-refractivity contribution in [2.45, 2.75) is 23.8 Å². The van der Waals surface area contributed by atoms with E-state index in [4.69, 9.17) is 11.6 Å². The Morgan fingerprint density at radius 3 is 2.79 bits per heavy atom. The van der Waals surface area contributed by atoms with Crippen LogP contribution in [-0.2, 0) is 10.0 Å². The number of likely N-dealkylation sites (N-methyl/N-ethyl adjacent to an activating group) is 1. The summed E-state index contributed by atoms with van der Waals surface area (Å²) in [5.41, 5.74) is 0. The SMILES string of the molecule is CNC1CCCN(S(=O)(=O)c2cc(Br)sc2Cl)C1.Cl. The van der Waals surface area contributed by atoms with Gasteiger partial charge in [-0.3, -0.25) is 0 Å². The summed E-state index contributed by atoms with van der Waals surface area (Å²) < 4.78 is 27.5. The maximum Gasteiger partial charge on any atom is 0.245 e. The van der Waals surface area contributed by atoms with Crippen LogP contribution < -0.4 is 5.32 Å². The van der Waals surface area contributed by atoms with Crippen LogP contribution in [0, 0.1) is 0 Å². The van der Waals surface area contributed by atoms with E-state index in [-0.39, 0.29) is 23.3 Å². The molecule has 0 bridgehead atoms. The Balaban J connectivity index is 0.00000180. The molecule has 1 aromatic rings. The molecule has 0 amide bonds. The van der Waals surface area contributed by atoms with Crippen LogP contribution >= 0.6 is 51.3 Å². The fourth-order valence-electron chi connectivity index (χ4n) is 2.04. The molecule has 0 aromatic carbocycles. The lowest BCUT2D eigenvalue weighted by molar-refractivity contribution is 0.293. The van der Waals surface area contributed by atoms with Crippen molar-refractivity contribution in [2.75, 3.05) is 20.1 Å². The third-order valence-electron chi connectivity index (χ3n) is 3.04. The lowest BCUT2D eigenvalue weighted by Gasteiger charge is -2.31. The van der Waals surface area contributed by atoms with Gasteiger partial charge in [0, 0.05) is 19.1 Å². The molecule has 1 atom stereocenters. The molecule has 19 heavy (non-hydrogen) atoms. The summed E-state index contributed by atoms with van der Waals surface area (Å²) >= 11 is 10.5. The van der Waals surface area contributed by atoms with Crippen molar-refractivity contribution in [3.63, 3.8) is 0 Å². The second-order valence-electron chi connectivity index (χ2n) is 4.18. The van der Waals surface area contributed by atoms with Gasteiger partial charge in [-0.25, -0.2) is 8.42 Å². The van der Waals surface area contributed by atoms with Gasteiger partial charge in [-0.05, 0) is 41.9 Å². The Morgan fingerprint density at radius 1 is 1.58 bits per heavy atom. The van der Waals surface area contributed by atoms with E-state index in [0.29, 0.717) is 17.4 Å². The third-order valence-corrected chi connectivity index (χ3v) is 7.03. The molecule has 4 nitrogen and oxygen atoms in total. The second kappa shape index (κ2) is 7.06. The number of sulfonamides is 1. The molecule has 0 spiro atoms. The summed E-state index contributed by atoms with van der Waals surface area (Å²) in [6.07, 6.45) is 1.87. The van der Waals surface area contributed by atoms with Gasteiger partial charge < -0.3 is 5.32 Å². The first-order valence-electron chi connectivity index (χ1n) is 5.57. The normalized spacial score (nSPS) is 21.1. The number of nitrogens with zero attached hydrogens (tertiary/aromatic N) is 1. The number of thiophene rings is 1. The lowest BCUT2D eigenvalue weighted by Crippen LogP contribution is -2.46. The predicted molar refractivity (Wildman–Crippen MR) is 85.1 cm³/mol. The number of nitrogens with one attached hydrogen (secondary N) is 1. The molecular weight excluding hydrogens is 395 g/mol. The van der Waals surface area contributed by atoms with Crippen molar-refractivity contribution >= 4 is 61.3 Å². The Bertz CT molecular complexity index is 536. The van der Waals surface area contributed by atoms with Gasteiger partial charge in [0.05, 0.1) is 3.79 Å². The van der Waals surface area contributed by atoms with E-state index in [2.05, 4.69) is 21.2 Å². The van der Waals surface area contributed by atoms with Crippen LogP contribution in [0.3, 0.4) is 0 Å². The van der Waals surface area contributed by atoms with Crippen molar-refractivity contribution < 1.29 is 8.42 Å². The van der Waals surface area contributed by atoms with E-state index in [1.807, 2.05) is 7.05 Å². The standard InChI is InChI=1S/C10H14BrClN2O2S2.ClH/c1-13-7-3-2-4-14(6-7)18(15,16)8-5-9(11)17-10(8)12;/h5,7,13H,2-4,6H2,1H3;1H. The first-order valence-corrected chi connectivity index (χ1v) is 9.00. The van der Waals surface area contributed by atoms with E-state index in [1.54, 1.807) is 6.07 Å². The molecule has 0 radical (unpaired) electrons. The van der Waals surface area contributed by atoms with Crippen LogP contribution in [0.5, 0.6) is 0 Å². The van der Waals surface area contributed by atoms with Crippen molar-refractivity contribution in [3.8, 4) is 0 Å². The van der Waals surface area contributed by atoms with Gasteiger partial charge in [0.15, 0.2) is 0 Å². The van der Waals surface area contributed by atoms with E-state index in [9.17, 15) is 8.42 Å². The highest BCUT2D eigenvalue weighted by molar-refractivity contribution is 9.11. The molecular formula is C10H15BrCl2N2O2S2. The minimum atomic E-state index is -3.47. The molecule has 1 aromatic heterocycles. The summed E-state index contributed by atoms with van der Waals surface area (Å²) in [6.45, 7) is 1.06. The Morgan fingerprint density at radius 2 is 2.26 bits per heavy atom. The first kappa shape index (κ1) is 17.7. The van der Waals surface area contributed by atoms with Crippen LogP contribution in [0.2, 0.25) is 4.34 Å². The Kier molecular flexibility index (Phi) is 6.57. The predicted octanol–water partition coefficient (Wildman–Crippen LogP) is 2.96. The topological polar surface area (TPSA) is 49.4 Å². The molecule has 2 rings (SSSR count). The molecule has 1 unspecified atom stereocenters.